The van der Waals surface area contributed by atoms with Crippen LogP contribution in [0.3, 0.4) is 0 Å². The zero-order chi connectivity index (χ0) is 30.6. The molecule has 2 amide bonds. The first kappa shape index (κ1) is 35.1. The molecule has 2 fully saturated rings. The van der Waals surface area contributed by atoms with Crippen LogP contribution in [0.5, 0.6) is 0 Å². The second-order valence-electron chi connectivity index (χ2n) is 12.1. The fourth-order valence-corrected chi connectivity index (χ4v) is 7.45. The minimum atomic E-state index is -1.28. The zero-order valence-corrected chi connectivity index (χ0v) is 27.0. The first-order valence-electron chi connectivity index (χ1n) is 15.6. The van der Waals surface area contributed by atoms with E-state index in [0.29, 0.717) is 5.56 Å². The molecule has 41 heavy (non-hydrogen) atoms. The van der Waals surface area contributed by atoms with E-state index in [4.69, 9.17) is 5.73 Å². The largest absolute Gasteiger partial charge is 0.548 e. The van der Waals surface area contributed by atoms with Crippen LogP contribution in [0.15, 0.2) is 30.3 Å². The number of amides is 2. The van der Waals surface area contributed by atoms with Gasteiger partial charge < -0.3 is 30.3 Å². The quantitative estimate of drug-likeness (QED) is 0.222. The number of aliphatic carboxylic acids is 1. The monoisotopic (exact) mass is 590 g/mol. The molecule has 3 rings (SSSR count). The van der Waals surface area contributed by atoms with Crippen LogP contribution >= 0.6 is 11.8 Å². The van der Waals surface area contributed by atoms with Gasteiger partial charge >= 0.3 is 0 Å². The third-order valence-electron chi connectivity index (χ3n) is 8.35. The summed E-state index contributed by atoms with van der Waals surface area (Å²) < 4.78 is 0.740. The Balaban J connectivity index is 0.000000307. The molecular formula is C32H54N4O4S. The number of nitrogens with zero attached hydrogens (tertiary/aromatic N) is 2. The number of hydrogen-bond acceptors (Lipinski definition) is 6. The number of nitrogens with one attached hydrogen (secondary N) is 1. The van der Waals surface area contributed by atoms with Gasteiger partial charge in [0.05, 0.1) is 38.2 Å². The van der Waals surface area contributed by atoms with Crippen molar-refractivity contribution >= 4 is 29.5 Å². The van der Waals surface area contributed by atoms with Gasteiger partial charge in [0.15, 0.2) is 0 Å². The SMILES string of the molecule is CC1(C)S[C@@H]2C(NC(=O)C(N)c3ccccc3)C(=O)N2[C@H]1C(=O)[O-].CCCC[N+](CCCC)(CCCC)CCCC. The van der Waals surface area contributed by atoms with Crippen LogP contribution in [0, 0.1) is 0 Å². The van der Waals surface area contributed by atoms with Gasteiger partial charge in [-0.3, -0.25) is 9.59 Å². The van der Waals surface area contributed by atoms with E-state index in [9.17, 15) is 19.5 Å². The van der Waals surface area contributed by atoms with Crippen molar-refractivity contribution in [3.63, 3.8) is 0 Å². The molecule has 0 bridgehead atoms. The molecule has 1 aromatic rings. The summed E-state index contributed by atoms with van der Waals surface area (Å²) >= 11 is 1.34. The number of carboxylic acids is 1. The lowest BCUT2D eigenvalue weighted by Crippen LogP contribution is -2.72. The van der Waals surface area contributed by atoms with Crippen LogP contribution in [0.2, 0.25) is 0 Å². The maximum Gasteiger partial charge on any atom is 0.249 e. The maximum absolute atomic E-state index is 12.3. The Bertz CT molecular complexity index is 936. The van der Waals surface area contributed by atoms with Crippen molar-refractivity contribution in [1.29, 1.82) is 0 Å². The van der Waals surface area contributed by atoms with Crippen molar-refractivity contribution in [3.8, 4) is 0 Å². The topological polar surface area (TPSA) is 116 Å². The molecule has 2 heterocycles. The maximum atomic E-state index is 12.3. The lowest BCUT2D eigenvalue weighted by atomic mass is 9.95. The number of carboxylic acid groups (broad SMARTS) is 1. The molecule has 3 N–H and O–H groups in total. The van der Waals surface area contributed by atoms with Gasteiger partial charge in [0.1, 0.15) is 17.5 Å². The molecule has 0 aromatic heterocycles. The summed E-state index contributed by atoms with van der Waals surface area (Å²) in [5, 5.41) is 13.6. The lowest BCUT2D eigenvalue weighted by molar-refractivity contribution is -0.929. The Hall–Kier alpha value is -2.10. The minimum Gasteiger partial charge on any atom is -0.548 e. The van der Waals surface area contributed by atoms with Gasteiger partial charge in [-0.05, 0) is 45.1 Å². The van der Waals surface area contributed by atoms with Crippen LogP contribution in [-0.4, -0.2) is 75.6 Å². The van der Waals surface area contributed by atoms with E-state index in [1.165, 1.54) is 98.7 Å². The van der Waals surface area contributed by atoms with Gasteiger partial charge in [-0.1, -0.05) is 83.7 Å². The van der Waals surface area contributed by atoms with E-state index in [1.54, 1.807) is 38.1 Å². The number of carbonyl (C=O) groups is 3. The number of fused-ring (bicyclic) bond motifs is 1. The highest BCUT2D eigenvalue weighted by Crippen LogP contribution is 2.50. The van der Waals surface area contributed by atoms with Gasteiger partial charge in [-0.2, -0.15) is 0 Å². The van der Waals surface area contributed by atoms with Crippen molar-refractivity contribution < 1.29 is 24.0 Å². The number of hydrogen-bond donors (Lipinski definition) is 2. The Labute approximate surface area is 252 Å². The zero-order valence-electron chi connectivity index (χ0n) is 26.2. The summed E-state index contributed by atoms with van der Waals surface area (Å²) in [6.45, 7) is 18.5. The average Bonchev–Trinajstić information content (AvgIpc) is 3.23. The van der Waals surface area contributed by atoms with E-state index in [0.717, 1.165) is 0 Å². The highest BCUT2D eigenvalue weighted by Gasteiger charge is 2.62. The average molecular weight is 591 g/mol. The Morgan fingerprint density at radius 2 is 1.41 bits per heavy atom. The molecule has 0 aliphatic carbocycles. The predicted molar refractivity (Wildman–Crippen MR) is 166 cm³/mol. The molecule has 4 atom stereocenters. The lowest BCUT2D eigenvalue weighted by Gasteiger charge is -2.45. The Kier molecular flexibility index (Phi) is 14.1. The molecule has 1 aromatic carbocycles. The molecule has 2 aliphatic rings. The molecule has 0 saturated carbocycles. The molecule has 9 heteroatoms. The number of benzene rings is 1. The Morgan fingerprint density at radius 3 is 1.83 bits per heavy atom. The fraction of sp³-hybridized carbons (Fsp3) is 0.719. The highest BCUT2D eigenvalue weighted by atomic mass is 32.2. The standard InChI is InChI=1S/C16H19N3O4S.C16H36N/c1-16(2)11(15(22)23)19-13(21)10(14(19)24-16)18-12(20)9(17)8-6-4-3-5-7-8;1-5-9-13-17(14-10-6-2,15-11-7-3)16-12-8-4/h3-7,9-11,14H,17H2,1-2H3,(H,18,20)(H,22,23);5-16H2,1-4H3/q;+1/p-1/t9?,10?,11-,14+;/m0./s1. The second-order valence-corrected chi connectivity index (χ2v) is 13.9. The predicted octanol–water partition coefficient (Wildman–Crippen LogP) is 3.99. The molecular weight excluding hydrogens is 536 g/mol. The summed E-state index contributed by atoms with van der Waals surface area (Å²) in [6, 6.07) is 6.19. The highest BCUT2D eigenvalue weighted by molar-refractivity contribution is 8.01. The van der Waals surface area contributed by atoms with E-state index in [2.05, 4.69) is 33.0 Å². The number of rotatable bonds is 16. The minimum absolute atomic E-state index is 0.415. The number of thioether (sulfide) groups is 1. The molecule has 232 valence electrons. The molecule has 8 nitrogen and oxygen atoms in total. The molecule has 2 unspecified atom stereocenters. The summed E-state index contributed by atoms with van der Waals surface area (Å²) in [5.74, 6) is -2.16. The van der Waals surface area contributed by atoms with Gasteiger partial charge in [0, 0.05) is 4.75 Å². The third-order valence-corrected chi connectivity index (χ3v) is 9.92. The number of β-lactam (4-membered cyclic amide) rings is 1. The molecule has 0 spiro atoms. The summed E-state index contributed by atoms with van der Waals surface area (Å²) in [6.07, 6.45) is 11.1. The van der Waals surface area contributed by atoms with Crippen molar-refractivity contribution in [3.05, 3.63) is 35.9 Å². The number of carbonyl (C=O) groups excluding carboxylic acids is 3. The Morgan fingerprint density at radius 1 is 0.951 bits per heavy atom. The van der Waals surface area contributed by atoms with E-state index in [-0.39, 0.29) is 0 Å². The first-order chi connectivity index (χ1) is 19.5. The van der Waals surface area contributed by atoms with Crippen LogP contribution in [0.4, 0.5) is 0 Å². The number of quaternary nitrogens is 1. The number of nitrogens with two attached hydrogens (primary N) is 1. The molecule has 0 radical (unpaired) electrons. The van der Waals surface area contributed by atoms with Crippen molar-refractivity contribution in [2.45, 2.75) is 121 Å². The van der Waals surface area contributed by atoms with Gasteiger partial charge in [-0.15, -0.1) is 11.8 Å². The van der Waals surface area contributed by atoms with Crippen LogP contribution < -0.4 is 16.2 Å². The van der Waals surface area contributed by atoms with E-state index < -0.39 is 46.0 Å². The fourth-order valence-electron chi connectivity index (χ4n) is 5.83. The van der Waals surface area contributed by atoms with Crippen molar-refractivity contribution in [1.82, 2.24) is 10.2 Å². The smallest absolute Gasteiger partial charge is 0.249 e. The number of unbranched alkanes of at least 4 members (excludes halogenated alkanes) is 4. The van der Waals surface area contributed by atoms with Gasteiger partial charge in [-0.25, -0.2) is 0 Å². The van der Waals surface area contributed by atoms with Gasteiger partial charge in [0.2, 0.25) is 11.8 Å². The summed E-state index contributed by atoms with van der Waals surface area (Å²) in [4.78, 5) is 37.2. The van der Waals surface area contributed by atoms with Crippen LogP contribution in [-0.2, 0) is 14.4 Å². The normalized spacial score (nSPS) is 21.8. The summed E-state index contributed by atoms with van der Waals surface area (Å²) in [5.41, 5.74) is 6.57. The third kappa shape index (κ3) is 9.19. The van der Waals surface area contributed by atoms with E-state index in [1.807, 2.05) is 6.07 Å². The van der Waals surface area contributed by atoms with E-state index >= 15 is 0 Å². The molecule has 2 saturated heterocycles. The van der Waals surface area contributed by atoms with Crippen molar-refractivity contribution in [2.24, 2.45) is 5.73 Å². The van der Waals surface area contributed by atoms with Crippen LogP contribution in [0.25, 0.3) is 0 Å². The van der Waals surface area contributed by atoms with Gasteiger partial charge in [0.25, 0.3) is 0 Å². The first-order valence-corrected chi connectivity index (χ1v) is 16.5. The summed E-state index contributed by atoms with van der Waals surface area (Å²) in [7, 11) is 0. The second kappa shape index (κ2) is 16.5. The molecule has 2 aliphatic heterocycles. The van der Waals surface area contributed by atoms with Crippen molar-refractivity contribution in [2.75, 3.05) is 26.2 Å². The van der Waals surface area contributed by atoms with Crippen LogP contribution in [0.1, 0.15) is 105 Å².